The van der Waals surface area contributed by atoms with Crippen molar-refractivity contribution < 1.29 is 0 Å². The number of hydrogen-bond donors (Lipinski definition) is 0. The molecular weight excluding hydrogens is 364 g/mol. The molecule has 3 aromatic rings. The Bertz CT molecular complexity index is 760. The number of benzene rings is 3. The van der Waals surface area contributed by atoms with Crippen molar-refractivity contribution in [2.75, 3.05) is 20.1 Å². The minimum absolute atomic E-state index is 1.02. The highest BCUT2D eigenvalue weighted by Gasteiger charge is 2.07. The molecule has 2 nitrogen and oxygen atoms in total. The van der Waals surface area contributed by atoms with E-state index in [0.29, 0.717) is 0 Å². The fraction of sp³-hybridized carbons (Fsp3) is 0.357. The van der Waals surface area contributed by atoms with Crippen LogP contribution in [0.2, 0.25) is 0 Å². The van der Waals surface area contributed by atoms with Gasteiger partial charge in [-0.3, -0.25) is 4.90 Å². The molecule has 0 atom stereocenters. The van der Waals surface area contributed by atoms with E-state index in [0.717, 1.165) is 26.2 Å². The summed E-state index contributed by atoms with van der Waals surface area (Å²) in [6.45, 7) is 5.42. The molecule has 2 heteroatoms. The molecule has 0 unspecified atom stereocenters. The second kappa shape index (κ2) is 13.0. The van der Waals surface area contributed by atoms with E-state index in [9.17, 15) is 0 Å². The maximum absolute atomic E-state index is 2.59. The predicted molar refractivity (Wildman–Crippen MR) is 128 cm³/mol. The molecule has 3 aromatic carbocycles. The van der Waals surface area contributed by atoms with Gasteiger partial charge in [0.1, 0.15) is 0 Å². The highest BCUT2D eigenvalue weighted by Crippen LogP contribution is 2.12. The van der Waals surface area contributed by atoms with Gasteiger partial charge in [0.15, 0.2) is 0 Å². The maximum Gasteiger partial charge on any atom is 0.0237 e. The topological polar surface area (TPSA) is 6.48 Å². The molecule has 0 aliphatic heterocycles. The Morgan fingerprint density at radius 3 is 1.33 bits per heavy atom. The first kappa shape index (κ1) is 22.3. The minimum atomic E-state index is 1.02. The number of rotatable bonds is 13. The molecule has 0 heterocycles. The van der Waals surface area contributed by atoms with Gasteiger partial charge in [-0.05, 0) is 49.7 Å². The predicted octanol–water partition coefficient (Wildman–Crippen LogP) is 6.38. The van der Waals surface area contributed by atoms with Crippen molar-refractivity contribution >= 4 is 0 Å². The Balaban J connectivity index is 1.37. The van der Waals surface area contributed by atoms with Gasteiger partial charge >= 0.3 is 0 Å². The third-order valence-corrected chi connectivity index (χ3v) is 5.56. The van der Waals surface area contributed by atoms with E-state index in [1.807, 2.05) is 0 Å². The van der Waals surface area contributed by atoms with Gasteiger partial charge in [0.05, 0.1) is 0 Å². The van der Waals surface area contributed by atoms with E-state index in [1.165, 1.54) is 48.9 Å². The summed E-state index contributed by atoms with van der Waals surface area (Å²) < 4.78 is 0. The van der Waals surface area contributed by atoms with Crippen LogP contribution in [0, 0.1) is 0 Å². The van der Waals surface area contributed by atoms with Crippen molar-refractivity contribution in [3.05, 3.63) is 108 Å². The summed E-state index contributed by atoms with van der Waals surface area (Å²) in [7, 11) is 2.23. The molecular formula is C28H36N2. The van der Waals surface area contributed by atoms with Crippen molar-refractivity contribution in [3.63, 3.8) is 0 Å². The average Bonchev–Trinajstić information content (AvgIpc) is 2.78. The van der Waals surface area contributed by atoms with Gasteiger partial charge in [0.25, 0.3) is 0 Å². The van der Waals surface area contributed by atoms with Crippen molar-refractivity contribution in [2.24, 2.45) is 0 Å². The first-order chi connectivity index (χ1) is 14.8. The highest BCUT2D eigenvalue weighted by molar-refractivity contribution is 5.17. The van der Waals surface area contributed by atoms with Gasteiger partial charge in [-0.15, -0.1) is 0 Å². The zero-order valence-corrected chi connectivity index (χ0v) is 18.4. The van der Waals surface area contributed by atoms with Crippen LogP contribution in [0.1, 0.15) is 42.4 Å². The first-order valence-corrected chi connectivity index (χ1v) is 11.3. The van der Waals surface area contributed by atoms with Crippen LogP contribution in [0.5, 0.6) is 0 Å². The fourth-order valence-corrected chi connectivity index (χ4v) is 3.94. The largest absolute Gasteiger partial charge is 0.302 e. The van der Waals surface area contributed by atoms with E-state index >= 15 is 0 Å². The third-order valence-electron chi connectivity index (χ3n) is 5.56. The van der Waals surface area contributed by atoms with Crippen LogP contribution in [-0.2, 0) is 19.6 Å². The molecule has 0 fully saturated rings. The lowest BCUT2D eigenvalue weighted by Crippen LogP contribution is -2.24. The Labute approximate surface area is 183 Å². The summed E-state index contributed by atoms with van der Waals surface area (Å²) in [5, 5.41) is 0. The molecule has 0 N–H and O–H groups in total. The Morgan fingerprint density at radius 2 is 0.867 bits per heavy atom. The van der Waals surface area contributed by atoms with E-state index in [-0.39, 0.29) is 0 Å². The van der Waals surface area contributed by atoms with E-state index in [4.69, 9.17) is 0 Å². The van der Waals surface area contributed by atoms with Crippen LogP contribution in [0.25, 0.3) is 0 Å². The zero-order valence-electron chi connectivity index (χ0n) is 18.4. The van der Waals surface area contributed by atoms with Gasteiger partial charge < -0.3 is 4.90 Å². The van der Waals surface area contributed by atoms with Crippen molar-refractivity contribution in [1.82, 2.24) is 9.80 Å². The average molecular weight is 401 g/mol. The van der Waals surface area contributed by atoms with Gasteiger partial charge in [-0.2, -0.15) is 0 Å². The fourth-order valence-electron chi connectivity index (χ4n) is 3.94. The summed E-state index contributed by atoms with van der Waals surface area (Å²) in [5.41, 5.74) is 4.20. The van der Waals surface area contributed by atoms with Crippen LogP contribution in [-0.4, -0.2) is 29.9 Å². The van der Waals surface area contributed by atoms with Crippen molar-refractivity contribution in [2.45, 2.75) is 45.3 Å². The molecule has 158 valence electrons. The van der Waals surface area contributed by atoms with Crippen LogP contribution >= 0.6 is 0 Å². The number of unbranched alkanes of at least 4 members (excludes halogenated alkanes) is 3. The lowest BCUT2D eigenvalue weighted by atomic mass is 10.1. The quantitative estimate of drug-likeness (QED) is 0.307. The first-order valence-electron chi connectivity index (χ1n) is 11.3. The summed E-state index contributed by atoms with van der Waals surface area (Å²) in [4.78, 5) is 5.03. The van der Waals surface area contributed by atoms with E-state index in [2.05, 4.69) is 108 Å². The van der Waals surface area contributed by atoms with Crippen LogP contribution in [0.15, 0.2) is 91.0 Å². The minimum Gasteiger partial charge on any atom is -0.302 e. The second-order valence-corrected chi connectivity index (χ2v) is 8.32. The van der Waals surface area contributed by atoms with E-state index in [1.54, 1.807) is 0 Å². The van der Waals surface area contributed by atoms with E-state index < -0.39 is 0 Å². The maximum atomic E-state index is 2.59. The Morgan fingerprint density at radius 1 is 0.467 bits per heavy atom. The molecule has 0 spiro atoms. The summed E-state index contributed by atoms with van der Waals surface area (Å²) in [6, 6.07) is 32.5. The molecule has 0 radical (unpaired) electrons. The second-order valence-electron chi connectivity index (χ2n) is 8.32. The molecule has 3 rings (SSSR count). The summed E-state index contributed by atoms with van der Waals surface area (Å²) in [5.74, 6) is 0. The van der Waals surface area contributed by atoms with Crippen LogP contribution in [0.3, 0.4) is 0 Å². The normalized spacial score (nSPS) is 11.3. The van der Waals surface area contributed by atoms with Gasteiger partial charge in [0, 0.05) is 19.6 Å². The lowest BCUT2D eigenvalue weighted by molar-refractivity contribution is 0.248. The highest BCUT2D eigenvalue weighted by atomic mass is 15.1. The molecule has 0 aliphatic rings. The van der Waals surface area contributed by atoms with Crippen molar-refractivity contribution in [1.29, 1.82) is 0 Å². The SMILES string of the molecule is CN(CCCCCCN(Cc1ccccc1)Cc1ccccc1)Cc1ccccc1. The Hall–Kier alpha value is -2.42. The van der Waals surface area contributed by atoms with Gasteiger partial charge in [-0.1, -0.05) is 104 Å². The summed E-state index contributed by atoms with van der Waals surface area (Å²) >= 11 is 0. The molecule has 0 bridgehead atoms. The van der Waals surface area contributed by atoms with Gasteiger partial charge in [-0.25, -0.2) is 0 Å². The summed E-state index contributed by atoms with van der Waals surface area (Å²) in [6.07, 6.45) is 5.16. The zero-order chi connectivity index (χ0) is 20.9. The van der Waals surface area contributed by atoms with Crippen molar-refractivity contribution in [3.8, 4) is 0 Å². The molecule has 0 aromatic heterocycles. The Kier molecular flexibility index (Phi) is 9.65. The standard InChI is InChI=1S/C28H36N2/c1-29(23-26-15-7-4-8-16-26)21-13-2-3-14-22-30(24-27-17-9-5-10-18-27)25-28-19-11-6-12-20-28/h4-12,15-20H,2-3,13-14,21-25H2,1H3. The third kappa shape index (κ3) is 8.52. The molecule has 0 saturated carbocycles. The molecule has 0 amide bonds. The van der Waals surface area contributed by atoms with Crippen LogP contribution in [0.4, 0.5) is 0 Å². The number of nitrogens with zero attached hydrogens (tertiary/aromatic N) is 2. The number of hydrogen-bond acceptors (Lipinski definition) is 2. The molecule has 30 heavy (non-hydrogen) atoms. The monoisotopic (exact) mass is 400 g/mol. The smallest absolute Gasteiger partial charge is 0.0237 e. The molecule has 0 aliphatic carbocycles. The lowest BCUT2D eigenvalue weighted by Gasteiger charge is -2.23. The van der Waals surface area contributed by atoms with Crippen LogP contribution < -0.4 is 0 Å². The van der Waals surface area contributed by atoms with Gasteiger partial charge in [0.2, 0.25) is 0 Å². The molecule has 0 saturated heterocycles.